The van der Waals surface area contributed by atoms with Crippen molar-refractivity contribution in [3.8, 4) is 0 Å². The van der Waals surface area contributed by atoms with Crippen molar-refractivity contribution in [2.75, 3.05) is 31.1 Å². The predicted octanol–water partition coefficient (Wildman–Crippen LogP) is 2.81. The molecule has 2 aromatic carbocycles. The van der Waals surface area contributed by atoms with Gasteiger partial charge in [0.1, 0.15) is 5.82 Å². The average Bonchev–Trinajstić information content (AvgIpc) is 3.31. The van der Waals surface area contributed by atoms with Crippen molar-refractivity contribution >= 4 is 5.69 Å². The monoisotopic (exact) mass is 421 g/mol. The summed E-state index contributed by atoms with van der Waals surface area (Å²) in [6.45, 7) is 3.91. The van der Waals surface area contributed by atoms with E-state index in [-0.39, 0.29) is 11.9 Å². The minimum atomic E-state index is -0.210. The van der Waals surface area contributed by atoms with Gasteiger partial charge in [-0.05, 0) is 59.7 Å². The Bertz CT molecular complexity index is 959. The lowest BCUT2D eigenvalue weighted by atomic mass is 9.95. The van der Waals surface area contributed by atoms with Gasteiger partial charge in [-0.15, -0.1) is 5.10 Å². The van der Waals surface area contributed by atoms with E-state index >= 15 is 0 Å². The molecule has 2 heterocycles. The molecule has 0 unspecified atom stereocenters. The van der Waals surface area contributed by atoms with E-state index in [1.54, 1.807) is 12.1 Å². The molecule has 162 valence electrons. The van der Waals surface area contributed by atoms with E-state index in [0.29, 0.717) is 6.04 Å². The number of quaternary nitrogens is 1. The molecule has 1 aromatic heterocycles. The van der Waals surface area contributed by atoms with Gasteiger partial charge in [0.2, 0.25) is 5.82 Å². The van der Waals surface area contributed by atoms with Crippen molar-refractivity contribution in [3.05, 3.63) is 71.8 Å². The lowest BCUT2D eigenvalue weighted by molar-refractivity contribution is -0.927. The quantitative estimate of drug-likeness (QED) is 0.688. The Hall–Kier alpha value is -2.80. The number of anilines is 1. The highest BCUT2D eigenvalue weighted by atomic mass is 19.1. The van der Waals surface area contributed by atoms with Gasteiger partial charge < -0.3 is 9.80 Å². The number of benzene rings is 2. The minimum Gasteiger partial charge on any atom is -0.360 e. The van der Waals surface area contributed by atoms with Crippen molar-refractivity contribution < 1.29 is 9.29 Å². The normalized spacial score (nSPS) is 19.5. The highest BCUT2D eigenvalue weighted by Crippen LogP contribution is 2.30. The molecule has 0 spiro atoms. The number of rotatable bonds is 5. The number of piperazine rings is 1. The fourth-order valence-electron chi connectivity index (χ4n) is 5.18. The van der Waals surface area contributed by atoms with Crippen LogP contribution in [-0.4, -0.2) is 46.4 Å². The van der Waals surface area contributed by atoms with Gasteiger partial charge in [0.15, 0.2) is 6.04 Å². The molecule has 1 saturated heterocycles. The lowest BCUT2D eigenvalue weighted by Crippen LogP contribution is -3.15. The topological polar surface area (TPSA) is 51.3 Å². The SMILES string of the molecule is Fc1ccc([C@@H](c2nnnn2C2CCCCC2)[NH+]2CCN(c3ccccc3)CC2)cc1. The first-order valence-corrected chi connectivity index (χ1v) is 11.5. The molecule has 7 heteroatoms. The summed E-state index contributed by atoms with van der Waals surface area (Å²) >= 11 is 0. The molecule has 0 radical (unpaired) electrons. The molecule has 5 rings (SSSR count). The molecule has 0 bridgehead atoms. The fraction of sp³-hybridized carbons (Fsp3) is 0.458. The molecule has 1 atom stereocenters. The van der Waals surface area contributed by atoms with Gasteiger partial charge in [-0.1, -0.05) is 37.5 Å². The summed E-state index contributed by atoms with van der Waals surface area (Å²) in [7, 11) is 0. The van der Waals surface area contributed by atoms with Gasteiger partial charge in [0.05, 0.1) is 32.2 Å². The van der Waals surface area contributed by atoms with Crippen molar-refractivity contribution in [1.82, 2.24) is 20.2 Å². The van der Waals surface area contributed by atoms with Gasteiger partial charge in [-0.3, -0.25) is 0 Å². The first-order valence-electron chi connectivity index (χ1n) is 11.5. The van der Waals surface area contributed by atoms with Gasteiger partial charge in [0.25, 0.3) is 0 Å². The molecule has 6 nitrogen and oxygen atoms in total. The second-order valence-electron chi connectivity index (χ2n) is 8.74. The first-order chi connectivity index (χ1) is 15.3. The van der Waals surface area contributed by atoms with Gasteiger partial charge in [-0.2, -0.15) is 0 Å². The third kappa shape index (κ3) is 4.32. The Balaban J connectivity index is 1.43. The number of aromatic nitrogens is 4. The van der Waals surface area contributed by atoms with Crippen LogP contribution in [0.25, 0.3) is 0 Å². The number of nitrogens with zero attached hydrogens (tertiary/aromatic N) is 5. The van der Waals surface area contributed by atoms with E-state index in [1.807, 2.05) is 12.1 Å². The molecular weight excluding hydrogens is 391 g/mol. The molecule has 2 aliphatic rings. The van der Waals surface area contributed by atoms with Crippen LogP contribution >= 0.6 is 0 Å². The Labute approximate surface area is 182 Å². The summed E-state index contributed by atoms with van der Waals surface area (Å²) in [6.07, 6.45) is 6.01. The highest BCUT2D eigenvalue weighted by molar-refractivity contribution is 5.46. The zero-order chi connectivity index (χ0) is 21.0. The van der Waals surface area contributed by atoms with E-state index < -0.39 is 0 Å². The van der Waals surface area contributed by atoms with Crippen LogP contribution in [0.15, 0.2) is 54.6 Å². The van der Waals surface area contributed by atoms with Crippen LogP contribution in [0.1, 0.15) is 55.6 Å². The number of halogens is 1. The Morgan fingerprint density at radius 1 is 0.903 bits per heavy atom. The zero-order valence-electron chi connectivity index (χ0n) is 17.8. The molecule has 1 aliphatic heterocycles. The molecular formula is C24H30FN6+. The van der Waals surface area contributed by atoms with E-state index in [0.717, 1.165) is 50.4 Å². The molecule has 1 saturated carbocycles. The largest absolute Gasteiger partial charge is 0.360 e. The summed E-state index contributed by atoms with van der Waals surface area (Å²) in [5.74, 6) is 0.708. The minimum absolute atomic E-state index is 0.00968. The van der Waals surface area contributed by atoms with Gasteiger partial charge in [-0.25, -0.2) is 9.07 Å². The summed E-state index contributed by atoms with van der Waals surface area (Å²) < 4.78 is 15.8. The smallest absolute Gasteiger partial charge is 0.214 e. The molecule has 3 aromatic rings. The van der Waals surface area contributed by atoms with Gasteiger partial charge >= 0.3 is 0 Å². The third-order valence-electron chi connectivity index (χ3n) is 6.84. The Morgan fingerprint density at radius 2 is 1.61 bits per heavy atom. The highest BCUT2D eigenvalue weighted by Gasteiger charge is 2.35. The predicted molar refractivity (Wildman–Crippen MR) is 118 cm³/mol. The Kier molecular flexibility index (Phi) is 5.93. The standard InChI is InChI=1S/C24H29FN6/c25-20-13-11-19(12-14-20)23(24-26-27-28-31(24)22-9-5-2-6-10-22)30-17-15-29(16-18-30)21-7-3-1-4-8-21/h1,3-4,7-8,11-14,22-23H,2,5-6,9-10,15-18H2/p+1/t23-/m0/s1. The number of hydrogen-bond acceptors (Lipinski definition) is 4. The second-order valence-corrected chi connectivity index (χ2v) is 8.74. The van der Waals surface area contributed by atoms with Crippen LogP contribution in [0, 0.1) is 5.82 Å². The van der Waals surface area contributed by atoms with Crippen LogP contribution in [-0.2, 0) is 0 Å². The van der Waals surface area contributed by atoms with Crippen molar-refractivity contribution in [3.63, 3.8) is 0 Å². The van der Waals surface area contributed by atoms with Crippen LogP contribution in [0.3, 0.4) is 0 Å². The summed E-state index contributed by atoms with van der Waals surface area (Å²) in [6, 6.07) is 17.9. The van der Waals surface area contributed by atoms with Crippen molar-refractivity contribution in [2.24, 2.45) is 0 Å². The van der Waals surface area contributed by atoms with Crippen molar-refractivity contribution in [1.29, 1.82) is 0 Å². The van der Waals surface area contributed by atoms with E-state index in [9.17, 15) is 4.39 Å². The maximum atomic E-state index is 13.7. The lowest BCUT2D eigenvalue weighted by Gasteiger charge is -2.37. The number of para-hydroxylation sites is 1. The third-order valence-corrected chi connectivity index (χ3v) is 6.84. The Morgan fingerprint density at radius 3 is 2.32 bits per heavy atom. The first kappa shape index (κ1) is 20.1. The molecule has 2 fully saturated rings. The zero-order valence-corrected chi connectivity index (χ0v) is 17.8. The second kappa shape index (κ2) is 9.14. The summed E-state index contributed by atoms with van der Waals surface area (Å²) in [5.41, 5.74) is 2.35. The van der Waals surface area contributed by atoms with Crippen molar-refractivity contribution in [2.45, 2.75) is 44.2 Å². The maximum Gasteiger partial charge on any atom is 0.214 e. The molecule has 1 aliphatic carbocycles. The van der Waals surface area contributed by atoms with E-state index in [4.69, 9.17) is 0 Å². The number of hydrogen-bond donors (Lipinski definition) is 1. The van der Waals surface area contributed by atoms with E-state index in [2.05, 4.69) is 55.4 Å². The molecule has 0 amide bonds. The van der Waals surface area contributed by atoms with Gasteiger partial charge in [0, 0.05) is 11.3 Å². The molecule has 1 N–H and O–H groups in total. The maximum absolute atomic E-state index is 13.7. The van der Waals surface area contributed by atoms with Crippen LogP contribution in [0.4, 0.5) is 10.1 Å². The van der Waals surface area contributed by atoms with E-state index in [1.165, 1.54) is 29.8 Å². The van der Waals surface area contributed by atoms with Crippen LogP contribution < -0.4 is 9.80 Å². The number of nitrogens with one attached hydrogen (secondary N) is 1. The summed E-state index contributed by atoms with van der Waals surface area (Å²) in [5, 5.41) is 13.0. The molecule has 31 heavy (non-hydrogen) atoms. The average molecular weight is 422 g/mol. The summed E-state index contributed by atoms with van der Waals surface area (Å²) in [4.78, 5) is 3.88. The number of tetrazole rings is 1. The van der Waals surface area contributed by atoms with Crippen LogP contribution in [0.5, 0.6) is 0 Å². The van der Waals surface area contributed by atoms with Crippen LogP contribution in [0.2, 0.25) is 0 Å². The fourth-order valence-corrected chi connectivity index (χ4v) is 5.18.